The van der Waals surface area contributed by atoms with Gasteiger partial charge in [0, 0.05) is 31.3 Å². The maximum absolute atomic E-state index is 12.3. The largest absolute Gasteiger partial charge is 0.326 e. The second kappa shape index (κ2) is 5.04. The monoisotopic (exact) mass is 305 g/mol. The molecule has 0 bridgehead atoms. The van der Waals surface area contributed by atoms with Gasteiger partial charge < -0.3 is 5.73 Å². The SMILES string of the molecule is N[C@@H]1CCN(S(=O)(=O)c2cc([N+](=O)[O-])ccc2Cl)C1. The summed E-state index contributed by atoms with van der Waals surface area (Å²) in [5.74, 6) is 0. The molecule has 2 rings (SSSR count). The molecular weight excluding hydrogens is 294 g/mol. The Balaban J connectivity index is 2.45. The van der Waals surface area contributed by atoms with Gasteiger partial charge in [-0.2, -0.15) is 4.31 Å². The molecule has 104 valence electrons. The third-order valence-electron chi connectivity index (χ3n) is 2.93. The van der Waals surface area contributed by atoms with Crippen molar-refractivity contribution in [2.45, 2.75) is 17.4 Å². The molecule has 0 saturated carbocycles. The lowest BCUT2D eigenvalue weighted by Gasteiger charge is -2.16. The highest BCUT2D eigenvalue weighted by Gasteiger charge is 2.33. The van der Waals surface area contributed by atoms with Crippen molar-refractivity contribution in [3.63, 3.8) is 0 Å². The lowest BCUT2D eigenvalue weighted by molar-refractivity contribution is -0.385. The molecule has 1 atom stereocenters. The van der Waals surface area contributed by atoms with Crippen LogP contribution in [0.3, 0.4) is 0 Å². The Hall–Kier alpha value is -1.22. The second-order valence-electron chi connectivity index (χ2n) is 4.28. The van der Waals surface area contributed by atoms with Gasteiger partial charge >= 0.3 is 0 Å². The Morgan fingerprint density at radius 2 is 2.16 bits per heavy atom. The van der Waals surface area contributed by atoms with E-state index in [0.29, 0.717) is 13.0 Å². The van der Waals surface area contributed by atoms with Gasteiger partial charge in [-0.3, -0.25) is 10.1 Å². The molecule has 1 aliphatic heterocycles. The molecule has 1 aromatic carbocycles. The van der Waals surface area contributed by atoms with Gasteiger partial charge in [0.2, 0.25) is 10.0 Å². The number of hydrogen-bond acceptors (Lipinski definition) is 5. The summed E-state index contributed by atoms with van der Waals surface area (Å²) >= 11 is 5.84. The quantitative estimate of drug-likeness (QED) is 0.661. The van der Waals surface area contributed by atoms with Crippen LogP contribution in [0.25, 0.3) is 0 Å². The standard InChI is InChI=1S/C10H12ClN3O4S/c11-9-2-1-8(14(15)16)5-10(9)19(17,18)13-4-3-7(12)6-13/h1-2,5,7H,3-4,6,12H2/t7-/m1/s1. The van der Waals surface area contributed by atoms with Crippen molar-refractivity contribution in [2.75, 3.05) is 13.1 Å². The summed E-state index contributed by atoms with van der Waals surface area (Å²) < 4.78 is 25.9. The number of rotatable bonds is 3. The number of nitrogens with zero attached hydrogens (tertiary/aromatic N) is 2. The normalized spacial score (nSPS) is 20.6. The van der Waals surface area contributed by atoms with Gasteiger partial charge in [-0.15, -0.1) is 0 Å². The van der Waals surface area contributed by atoms with E-state index in [0.717, 1.165) is 12.1 Å². The molecule has 9 heteroatoms. The Morgan fingerprint density at radius 1 is 1.47 bits per heavy atom. The Morgan fingerprint density at radius 3 is 2.68 bits per heavy atom. The molecule has 0 unspecified atom stereocenters. The molecule has 7 nitrogen and oxygen atoms in total. The molecular formula is C10H12ClN3O4S. The first kappa shape index (κ1) is 14.2. The van der Waals surface area contributed by atoms with E-state index in [-0.39, 0.29) is 28.2 Å². The number of benzene rings is 1. The average molecular weight is 306 g/mol. The van der Waals surface area contributed by atoms with E-state index in [1.807, 2.05) is 0 Å². The topological polar surface area (TPSA) is 107 Å². The van der Waals surface area contributed by atoms with Crippen molar-refractivity contribution in [1.29, 1.82) is 0 Å². The zero-order valence-electron chi connectivity index (χ0n) is 9.82. The summed E-state index contributed by atoms with van der Waals surface area (Å²) in [5.41, 5.74) is 5.36. The summed E-state index contributed by atoms with van der Waals surface area (Å²) in [4.78, 5) is 9.78. The van der Waals surface area contributed by atoms with Crippen LogP contribution in [0, 0.1) is 10.1 Å². The highest BCUT2D eigenvalue weighted by atomic mass is 35.5. The fraction of sp³-hybridized carbons (Fsp3) is 0.400. The average Bonchev–Trinajstić information content (AvgIpc) is 2.76. The van der Waals surface area contributed by atoms with Gasteiger partial charge in [0.15, 0.2) is 0 Å². The van der Waals surface area contributed by atoms with E-state index in [4.69, 9.17) is 17.3 Å². The number of nitro groups is 1. The summed E-state index contributed by atoms with van der Waals surface area (Å²) in [6.07, 6.45) is 0.561. The van der Waals surface area contributed by atoms with E-state index in [9.17, 15) is 18.5 Å². The predicted molar refractivity (Wildman–Crippen MR) is 69.5 cm³/mol. The van der Waals surface area contributed by atoms with Crippen LogP contribution in [0.1, 0.15) is 6.42 Å². The third-order valence-corrected chi connectivity index (χ3v) is 5.28. The molecule has 19 heavy (non-hydrogen) atoms. The van der Waals surface area contributed by atoms with Crippen molar-refractivity contribution < 1.29 is 13.3 Å². The molecule has 0 spiro atoms. The molecule has 1 fully saturated rings. The molecule has 2 N–H and O–H groups in total. The molecule has 1 saturated heterocycles. The molecule has 0 aromatic heterocycles. The van der Waals surface area contributed by atoms with Gasteiger partial charge in [-0.25, -0.2) is 8.42 Å². The van der Waals surface area contributed by atoms with Crippen LogP contribution in [-0.2, 0) is 10.0 Å². The van der Waals surface area contributed by atoms with Crippen LogP contribution >= 0.6 is 11.6 Å². The molecule has 0 radical (unpaired) electrons. The van der Waals surface area contributed by atoms with Gasteiger partial charge in [-0.1, -0.05) is 11.6 Å². The molecule has 0 aliphatic carbocycles. The van der Waals surface area contributed by atoms with Gasteiger partial charge in [0.1, 0.15) is 4.90 Å². The third kappa shape index (κ3) is 2.71. The highest BCUT2D eigenvalue weighted by molar-refractivity contribution is 7.89. The van der Waals surface area contributed by atoms with E-state index < -0.39 is 14.9 Å². The van der Waals surface area contributed by atoms with Crippen LogP contribution < -0.4 is 5.73 Å². The first-order valence-electron chi connectivity index (χ1n) is 5.52. The Kier molecular flexibility index (Phi) is 3.77. The van der Waals surface area contributed by atoms with Crippen LogP contribution in [0.5, 0.6) is 0 Å². The maximum atomic E-state index is 12.3. The van der Waals surface area contributed by atoms with Crippen molar-refractivity contribution in [3.05, 3.63) is 33.3 Å². The Bertz CT molecular complexity index is 619. The number of nitro benzene ring substituents is 1. The van der Waals surface area contributed by atoms with Crippen molar-refractivity contribution >= 4 is 27.3 Å². The summed E-state index contributed by atoms with van der Waals surface area (Å²) in [7, 11) is -3.84. The van der Waals surface area contributed by atoms with Gasteiger partial charge in [0.05, 0.1) is 9.95 Å². The minimum atomic E-state index is -3.84. The maximum Gasteiger partial charge on any atom is 0.270 e. The number of sulfonamides is 1. The first-order chi connectivity index (χ1) is 8.82. The smallest absolute Gasteiger partial charge is 0.270 e. The fourth-order valence-corrected chi connectivity index (χ4v) is 3.92. The van der Waals surface area contributed by atoms with Crippen LogP contribution in [0.15, 0.2) is 23.1 Å². The second-order valence-corrected chi connectivity index (χ2v) is 6.60. The number of non-ortho nitro benzene ring substituents is 1. The van der Waals surface area contributed by atoms with E-state index in [2.05, 4.69) is 0 Å². The number of nitrogens with two attached hydrogens (primary N) is 1. The zero-order valence-corrected chi connectivity index (χ0v) is 11.4. The minimum Gasteiger partial charge on any atom is -0.326 e. The van der Waals surface area contributed by atoms with Crippen LogP contribution in [-0.4, -0.2) is 36.8 Å². The number of hydrogen-bond donors (Lipinski definition) is 1. The van der Waals surface area contributed by atoms with Crippen molar-refractivity contribution in [3.8, 4) is 0 Å². The summed E-state index contributed by atoms with van der Waals surface area (Å²) in [6, 6.07) is 3.13. The lowest BCUT2D eigenvalue weighted by atomic mass is 10.3. The zero-order chi connectivity index (χ0) is 14.2. The van der Waals surface area contributed by atoms with Gasteiger partial charge in [0.25, 0.3) is 5.69 Å². The van der Waals surface area contributed by atoms with Crippen molar-refractivity contribution in [2.24, 2.45) is 5.73 Å². The highest BCUT2D eigenvalue weighted by Crippen LogP contribution is 2.30. The lowest BCUT2D eigenvalue weighted by Crippen LogP contribution is -2.32. The van der Waals surface area contributed by atoms with E-state index >= 15 is 0 Å². The van der Waals surface area contributed by atoms with E-state index in [1.54, 1.807) is 0 Å². The predicted octanol–water partition coefficient (Wildman–Crippen LogP) is 0.970. The van der Waals surface area contributed by atoms with Crippen molar-refractivity contribution in [1.82, 2.24) is 4.31 Å². The first-order valence-corrected chi connectivity index (χ1v) is 7.34. The van der Waals surface area contributed by atoms with Crippen LogP contribution in [0.4, 0.5) is 5.69 Å². The van der Waals surface area contributed by atoms with Crippen LogP contribution in [0.2, 0.25) is 5.02 Å². The Labute approximate surface area is 115 Å². The molecule has 1 aromatic rings. The molecule has 1 aliphatic rings. The minimum absolute atomic E-state index is 0.0360. The van der Waals surface area contributed by atoms with Gasteiger partial charge in [-0.05, 0) is 12.5 Å². The summed E-state index contributed by atoms with van der Waals surface area (Å²) in [6.45, 7) is 0.490. The fourth-order valence-electron chi connectivity index (χ4n) is 1.91. The molecule has 1 heterocycles. The summed E-state index contributed by atoms with van der Waals surface area (Å²) in [5, 5.41) is 10.7. The molecule has 0 amide bonds. The number of halogens is 1. The van der Waals surface area contributed by atoms with E-state index in [1.165, 1.54) is 10.4 Å².